The average molecular weight is 230 g/mol. The molecule has 0 atom stereocenters. The third-order valence-corrected chi connectivity index (χ3v) is 2.78. The fraction of sp³-hybridized carbons (Fsp3) is 0.154. The van der Waals surface area contributed by atoms with Crippen molar-refractivity contribution in [1.82, 2.24) is 9.80 Å². The predicted octanol–water partition coefficient (Wildman–Crippen LogP) is 2.67. The molecule has 0 spiro atoms. The lowest BCUT2D eigenvalue weighted by molar-refractivity contribution is 0.175. The number of amides is 1. The molecule has 2 heterocycles. The molecule has 2 rings (SSSR count). The molecule has 1 amide bonds. The van der Waals surface area contributed by atoms with Gasteiger partial charge in [-0.1, -0.05) is 0 Å². The van der Waals surface area contributed by atoms with Gasteiger partial charge in [-0.3, -0.25) is 4.90 Å². The smallest absolute Gasteiger partial charge is 0.415 e. The normalized spacial score (nSPS) is 18.8. The summed E-state index contributed by atoms with van der Waals surface area (Å²) in [5.41, 5.74) is 3.24. The maximum absolute atomic E-state index is 10.7. The third-order valence-electron chi connectivity index (χ3n) is 2.78. The van der Waals surface area contributed by atoms with E-state index in [1.807, 2.05) is 31.1 Å². The number of carboxylic acid groups (broad SMARTS) is 1. The third kappa shape index (κ3) is 2.30. The van der Waals surface area contributed by atoms with E-state index in [9.17, 15) is 4.79 Å². The summed E-state index contributed by atoms with van der Waals surface area (Å²) in [4.78, 5) is 13.9. The molecule has 4 heteroatoms. The Hall–Kier alpha value is -2.23. The summed E-state index contributed by atoms with van der Waals surface area (Å²) in [6, 6.07) is 0. The lowest BCUT2D eigenvalue weighted by atomic mass is 10.0. The van der Waals surface area contributed by atoms with Gasteiger partial charge in [-0.2, -0.15) is 0 Å². The van der Waals surface area contributed by atoms with Gasteiger partial charge in [0.1, 0.15) is 0 Å². The molecule has 88 valence electrons. The molecule has 0 fully saturated rings. The first-order valence-corrected chi connectivity index (χ1v) is 5.29. The van der Waals surface area contributed by atoms with Crippen molar-refractivity contribution in [3.05, 3.63) is 59.7 Å². The molecule has 0 aromatic carbocycles. The van der Waals surface area contributed by atoms with Crippen LogP contribution >= 0.6 is 0 Å². The zero-order valence-electron chi connectivity index (χ0n) is 9.79. The number of hydrogen-bond acceptors (Lipinski definition) is 2. The summed E-state index contributed by atoms with van der Waals surface area (Å²) in [6.45, 7) is 2.03. The van der Waals surface area contributed by atoms with Crippen molar-refractivity contribution in [2.75, 3.05) is 7.05 Å². The quantitative estimate of drug-likeness (QED) is 0.695. The minimum absolute atomic E-state index is 0.979. The van der Waals surface area contributed by atoms with E-state index < -0.39 is 6.09 Å². The molecule has 0 unspecified atom stereocenters. The van der Waals surface area contributed by atoms with Crippen LogP contribution in [0.25, 0.3) is 0 Å². The Morgan fingerprint density at radius 3 is 2.24 bits per heavy atom. The Morgan fingerprint density at radius 2 is 1.71 bits per heavy atom. The van der Waals surface area contributed by atoms with E-state index >= 15 is 0 Å². The Balaban J connectivity index is 2.27. The number of nitrogens with zero attached hydrogens (tertiary/aromatic N) is 2. The summed E-state index contributed by atoms with van der Waals surface area (Å²) >= 11 is 0. The van der Waals surface area contributed by atoms with Gasteiger partial charge in [-0.15, -0.1) is 0 Å². The molecule has 1 N–H and O–H groups in total. The molecule has 2 aliphatic rings. The van der Waals surface area contributed by atoms with Crippen LogP contribution in [0.2, 0.25) is 0 Å². The zero-order valence-corrected chi connectivity index (χ0v) is 9.79. The largest absolute Gasteiger partial charge is 0.464 e. The van der Waals surface area contributed by atoms with Gasteiger partial charge in [0.25, 0.3) is 0 Å². The second kappa shape index (κ2) is 4.33. The molecule has 0 aliphatic carbocycles. The fourth-order valence-electron chi connectivity index (χ4n) is 1.61. The van der Waals surface area contributed by atoms with Crippen LogP contribution < -0.4 is 0 Å². The second-order valence-electron chi connectivity index (χ2n) is 3.94. The van der Waals surface area contributed by atoms with Gasteiger partial charge in [0.05, 0.1) is 0 Å². The van der Waals surface area contributed by atoms with Crippen molar-refractivity contribution in [2.24, 2.45) is 0 Å². The van der Waals surface area contributed by atoms with E-state index in [1.54, 1.807) is 24.6 Å². The van der Waals surface area contributed by atoms with E-state index in [2.05, 4.69) is 6.08 Å². The maximum Gasteiger partial charge on any atom is 0.415 e. The van der Waals surface area contributed by atoms with Crippen LogP contribution in [-0.2, 0) is 0 Å². The van der Waals surface area contributed by atoms with E-state index in [4.69, 9.17) is 5.11 Å². The van der Waals surface area contributed by atoms with E-state index in [-0.39, 0.29) is 0 Å². The van der Waals surface area contributed by atoms with Gasteiger partial charge < -0.3 is 10.0 Å². The van der Waals surface area contributed by atoms with E-state index in [0.717, 1.165) is 21.7 Å². The summed E-state index contributed by atoms with van der Waals surface area (Å²) in [5, 5.41) is 8.79. The molecular weight excluding hydrogens is 216 g/mol. The van der Waals surface area contributed by atoms with Gasteiger partial charge in [-0.05, 0) is 42.4 Å². The molecule has 17 heavy (non-hydrogen) atoms. The molecule has 0 saturated heterocycles. The molecular formula is C13H14N2O2. The highest BCUT2D eigenvalue weighted by molar-refractivity contribution is 5.69. The molecule has 0 bridgehead atoms. The fourth-order valence-corrected chi connectivity index (χ4v) is 1.61. The SMILES string of the molecule is CC1=CC(=C2C=CN(C(=O)O)C=C2)C=CN1C. The van der Waals surface area contributed by atoms with Crippen molar-refractivity contribution in [3.8, 4) is 0 Å². The van der Waals surface area contributed by atoms with Crippen LogP contribution in [0.15, 0.2) is 59.7 Å². The Labute approximate surface area is 100 Å². The van der Waals surface area contributed by atoms with Gasteiger partial charge in [0, 0.05) is 31.3 Å². The van der Waals surface area contributed by atoms with Crippen LogP contribution in [0.1, 0.15) is 6.92 Å². The van der Waals surface area contributed by atoms with Crippen molar-refractivity contribution in [3.63, 3.8) is 0 Å². The first-order chi connectivity index (χ1) is 8.08. The minimum Gasteiger partial charge on any atom is -0.464 e. The summed E-state index contributed by atoms with van der Waals surface area (Å²) in [7, 11) is 1.99. The molecule has 2 aliphatic heterocycles. The Morgan fingerprint density at radius 1 is 1.12 bits per heavy atom. The van der Waals surface area contributed by atoms with Gasteiger partial charge in [-0.25, -0.2) is 4.79 Å². The number of allylic oxidation sites excluding steroid dienone is 7. The first-order valence-electron chi connectivity index (χ1n) is 5.29. The second-order valence-corrected chi connectivity index (χ2v) is 3.94. The van der Waals surface area contributed by atoms with Gasteiger partial charge in [0.15, 0.2) is 0 Å². The number of carbonyl (C=O) groups is 1. The van der Waals surface area contributed by atoms with Crippen molar-refractivity contribution >= 4 is 6.09 Å². The molecule has 4 nitrogen and oxygen atoms in total. The first kappa shape index (κ1) is 11.3. The number of rotatable bonds is 0. The summed E-state index contributed by atoms with van der Waals surface area (Å²) < 4.78 is 0. The van der Waals surface area contributed by atoms with Crippen molar-refractivity contribution in [2.45, 2.75) is 6.92 Å². The topological polar surface area (TPSA) is 43.8 Å². The van der Waals surface area contributed by atoms with Gasteiger partial charge in [0.2, 0.25) is 0 Å². The molecule has 0 radical (unpaired) electrons. The van der Waals surface area contributed by atoms with Crippen molar-refractivity contribution in [1.29, 1.82) is 0 Å². The molecule has 0 saturated carbocycles. The lowest BCUT2D eigenvalue weighted by Gasteiger charge is -2.21. The number of hydrogen-bond donors (Lipinski definition) is 1. The highest BCUT2D eigenvalue weighted by Crippen LogP contribution is 2.21. The van der Waals surface area contributed by atoms with Gasteiger partial charge >= 0.3 is 6.09 Å². The van der Waals surface area contributed by atoms with Crippen LogP contribution in [0.3, 0.4) is 0 Å². The Bertz CT molecular complexity index is 480. The Kier molecular flexibility index (Phi) is 2.87. The van der Waals surface area contributed by atoms with Crippen molar-refractivity contribution < 1.29 is 9.90 Å². The average Bonchev–Trinajstić information content (AvgIpc) is 2.33. The maximum atomic E-state index is 10.7. The molecule has 0 aromatic rings. The standard InChI is InChI=1S/C13H14N2O2/c1-10-9-12(3-6-14(10)2)11-4-7-15(8-5-11)13(16)17/h3-9H,1-2H3,(H,16,17). The summed E-state index contributed by atoms with van der Waals surface area (Å²) in [5.74, 6) is 0. The van der Waals surface area contributed by atoms with E-state index in [0.29, 0.717) is 0 Å². The van der Waals surface area contributed by atoms with Crippen LogP contribution in [0, 0.1) is 0 Å². The van der Waals surface area contributed by atoms with E-state index in [1.165, 1.54) is 0 Å². The zero-order chi connectivity index (χ0) is 12.4. The van der Waals surface area contributed by atoms with Crippen LogP contribution in [-0.4, -0.2) is 28.0 Å². The van der Waals surface area contributed by atoms with Crippen LogP contribution in [0.4, 0.5) is 4.79 Å². The lowest BCUT2D eigenvalue weighted by Crippen LogP contribution is -2.18. The monoisotopic (exact) mass is 230 g/mol. The predicted molar refractivity (Wildman–Crippen MR) is 65.8 cm³/mol. The highest BCUT2D eigenvalue weighted by atomic mass is 16.4. The highest BCUT2D eigenvalue weighted by Gasteiger charge is 2.10. The minimum atomic E-state index is -0.979. The summed E-state index contributed by atoms with van der Waals surface area (Å²) in [6.07, 6.45) is 11.8. The van der Waals surface area contributed by atoms with Crippen LogP contribution in [0.5, 0.6) is 0 Å². The molecule has 0 aromatic heterocycles.